The summed E-state index contributed by atoms with van der Waals surface area (Å²) in [6.45, 7) is -0.330. The summed E-state index contributed by atoms with van der Waals surface area (Å²) >= 11 is 0. The number of carbonyl (C=O) groups is 1. The Labute approximate surface area is 106 Å². The van der Waals surface area contributed by atoms with Crippen LogP contribution in [-0.4, -0.2) is 20.9 Å². The standard InChI is InChI=1S/C11H8F2N4O2/c12-8-2-1-3-9(13)11(8)16-15-7-4-14-17(5-7)6-10(18)19/h1-5H,6H2,(H,18,19)/b16-15+. The van der Waals surface area contributed by atoms with Crippen LogP contribution in [-0.2, 0) is 11.3 Å². The van der Waals surface area contributed by atoms with Gasteiger partial charge >= 0.3 is 5.97 Å². The first-order chi connectivity index (χ1) is 9.06. The second-order valence-electron chi connectivity index (χ2n) is 3.56. The highest BCUT2D eigenvalue weighted by molar-refractivity contribution is 5.66. The molecule has 0 atom stereocenters. The minimum atomic E-state index is -1.06. The Balaban J connectivity index is 2.18. The zero-order valence-corrected chi connectivity index (χ0v) is 9.49. The van der Waals surface area contributed by atoms with E-state index >= 15 is 0 Å². The maximum atomic E-state index is 13.2. The van der Waals surface area contributed by atoms with Crippen LogP contribution in [0, 0.1) is 11.6 Å². The number of aliphatic carboxylic acids is 1. The van der Waals surface area contributed by atoms with Crippen molar-refractivity contribution in [3.63, 3.8) is 0 Å². The molecule has 8 heteroatoms. The molecular weight excluding hydrogens is 258 g/mol. The van der Waals surface area contributed by atoms with Crippen molar-refractivity contribution in [2.45, 2.75) is 6.54 Å². The monoisotopic (exact) mass is 266 g/mol. The fourth-order valence-corrected chi connectivity index (χ4v) is 1.32. The number of aromatic nitrogens is 2. The third kappa shape index (κ3) is 3.18. The predicted octanol–water partition coefficient (Wildman–Crippen LogP) is 2.66. The summed E-state index contributed by atoms with van der Waals surface area (Å²) in [5.41, 5.74) is -0.308. The van der Waals surface area contributed by atoms with E-state index in [9.17, 15) is 13.6 Å². The fraction of sp³-hybridized carbons (Fsp3) is 0.0909. The van der Waals surface area contributed by atoms with E-state index in [1.54, 1.807) is 0 Å². The van der Waals surface area contributed by atoms with Crippen molar-refractivity contribution in [2.24, 2.45) is 10.2 Å². The number of nitrogens with zero attached hydrogens (tertiary/aromatic N) is 4. The molecule has 0 amide bonds. The summed E-state index contributed by atoms with van der Waals surface area (Å²) in [7, 11) is 0. The van der Waals surface area contributed by atoms with Gasteiger partial charge in [-0.2, -0.15) is 5.10 Å². The number of carboxylic acid groups (broad SMARTS) is 1. The molecule has 0 aliphatic carbocycles. The number of azo groups is 1. The van der Waals surface area contributed by atoms with Gasteiger partial charge in [0.25, 0.3) is 0 Å². The van der Waals surface area contributed by atoms with Crippen LogP contribution in [0.5, 0.6) is 0 Å². The van der Waals surface area contributed by atoms with Crippen LogP contribution in [0.3, 0.4) is 0 Å². The molecule has 6 nitrogen and oxygen atoms in total. The molecule has 0 aliphatic rings. The molecule has 0 radical (unpaired) electrons. The lowest BCUT2D eigenvalue weighted by Crippen LogP contribution is -2.08. The van der Waals surface area contributed by atoms with Crippen LogP contribution in [0.4, 0.5) is 20.2 Å². The van der Waals surface area contributed by atoms with Gasteiger partial charge in [-0.15, -0.1) is 10.2 Å². The van der Waals surface area contributed by atoms with Crippen molar-refractivity contribution in [3.8, 4) is 0 Å². The van der Waals surface area contributed by atoms with E-state index < -0.39 is 23.3 Å². The third-order valence-corrected chi connectivity index (χ3v) is 2.12. The van der Waals surface area contributed by atoms with Crippen molar-refractivity contribution in [1.29, 1.82) is 0 Å². The molecule has 0 saturated heterocycles. The van der Waals surface area contributed by atoms with Gasteiger partial charge in [-0.3, -0.25) is 9.48 Å². The van der Waals surface area contributed by atoms with E-state index in [1.165, 1.54) is 18.5 Å². The summed E-state index contributed by atoms with van der Waals surface area (Å²) in [4.78, 5) is 10.4. The summed E-state index contributed by atoms with van der Waals surface area (Å²) in [5, 5.41) is 19.3. The van der Waals surface area contributed by atoms with Gasteiger partial charge in [0.2, 0.25) is 0 Å². The van der Waals surface area contributed by atoms with Crippen molar-refractivity contribution in [3.05, 3.63) is 42.2 Å². The molecule has 0 unspecified atom stereocenters. The molecule has 2 aromatic rings. The number of carboxylic acids is 1. The first kappa shape index (κ1) is 12.8. The number of benzene rings is 1. The maximum absolute atomic E-state index is 13.2. The lowest BCUT2D eigenvalue weighted by Gasteiger charge is -1.95. The van der Waals surface area contributed by atoms with Crippen molar-refractivity contribution in [2.75, 3.05) is 0 Å². The maximum Gasteiger partial charge on any atom is 0.325 e. The number of hydrogen-bond donors (Lipinski definition) is 1. The van der Waals surface area contributed by atoms with Gasteiger partial charge in [-0.1, -0.05) is 6.07 Å². The van der Waals surface area contributed by atoms with Crippen LogP contribution in [0.1, 0.15) is 0 Å². The Morgan fingerprint density at radius 3 is 2.63 bits per heavy atom. The highest BCUT2D eigenvalue weighted by atomic mass is 19.1. The zero-order chi connectivity index (χ0) is 13.8. The van der Waals surface area contributed by atoms with Crippen LogP contribution < -0.4 is 0 Å². The highest BCUT2D eigenvalue weighted by Crippen LogP contribution is 2.24. The van der Waals surface area contributed by atoms with Crippen molar-refractivity contribution >= 4 is 17.3 Å². The Kier molecular flexibility index (Phi) is 3.60. The molecule has 1 N–H and O–H groups in total. The van der Waals surface area contributed by atoms with Gasteiger partial charge < -0.3 is 5.11 Å². The fourth-order valence-electron chi connectivity index (χ4n) is 1.32. The summed E-state index contributed by atoms with van der Waals surface area (Å²) in [6, 6.07) is 3.34. The van der Waals surface area contributed by atoms with Crippen LogP contribution in [0.15, 0.2) is 40.8 Å². The molecule has 0 spiro atoms. The molecule has 0 bridgehead atoms. The molecule has 1 heterocycles. The summed E-state index contributed by atoms with van der Waals surface area (Å²) in [6.07, 6.45) is 2.54. The van der Waals surface area contributed by atoms with Crippen LogP contribution in [0.2, 0.25) is 0 Å². The van der Waals surface area contributed by atoms with Crippen LogP contribution in [0.25, 0.3) is 0 Å². The van der Waals surface area contributed by atoms with E-state index in [2.05, 4.69) is 15.3 Å². The quantitative estimate of drug-likeness (QED) is 0.864. The van der Waals surface area contributed by atoms with Gasteiger partial charge in [0, 0.05) is 0 Å². The lowest BCUT2D eigenvalue weighted by atomic mass is 10.3. The Hall–Kier alpha value is -2.64. The lowest BCUT2D eigenvalue weighted by molar-refractivity contribution is -0.137. The van der Waals surface area contributed by atoms with Gasteiger partial charge in [0.1, 0.15) is 12.2 Å². The number of hydrogen-bond acceptors (Lipinski definition) is 4. The van der Waals surface area contributed by atoms with E-state index in [0.29, 0.717) is 0 Å². The van der Waals surface area contributed by atoms with Crippen LogP contribution >= 0.6 is 0 Å². The second-order valence-corrected chi connectivity index (χ2v) is 3.56. The predicted molar refractivity (Wildman–Crippen MR) is 60.4 cm³/mol. The minimum absolute atomic E-state index is 0.198. The topological polar surface area (TPSA) is 79.8 Å². The SMILES string of the molecule is O=C(O)Cn1cc(/N=N/c2c(F)cccc2F)cn1. The van der Waals surface area contributed by atoms with E-state index in [4.69, 9.17) is 5.11 Å². The molecule has 1 aromatic heterocycles. The molecule has 0 saturated carbocycles. The van der Waals surface area contributed by atoms with Gasteiger partial charge in [0.05, 0.1) is 12.4 Å². The summed E-state index contributed by atoms with van der Waals surface area (Å²) < 4.78 is 27.6. The Morgan fingerprint density at radius 1 is 1.32 bits per heavy atom. The van der Waals surface area contributed by atoms with Gasteiger partial charge in [-0.05, 0) is 12.1 Å². The van der Waals surface area contributed by atoms with Crippen molar-refractivity contribution in [1.82, 2.24) is 9.78 Å². The second kappa shape index (κ2) is 5.34. The molecule has 0 aliphatic heterocycles. The Morgan fingerprint density at radius 2 is 2.00 bits per heavy atom. The van der Waals surface area contributed by atoms with E-state index in [-0.39, 0.29) is 12.2 Å². The molecule has 98 valence electrons. The molecule has 2 rings (SSSR count). The van der Waals surface area contributed by atoms with E-state index in [0.717, 1.165) is 16.8 Å². The molecule has 1 aromatic carbocycles. The molecule has 19 heavy (non-hydrogen) atoms. The molecular formula is C11H8F2N4O2. The number of halogens is 2. The molecule has 0 fully saturated rings. The zero-order valence-electron chi connectivity index (χ0n) is 9.49. The first-order valence-electron chi connectivity index (χ1n) is 5.16. The Bertz CT molecular complexity index is 619. The van der Waals surface area contributed by atoms with E-state index in [1.807, 2.05) is 0 Å². The largest absolute Gasteiger partial charge is 0.480 e. The van der Waals surface area contributed by atoms with Crippen molar-refractivity contribution < 1.29 is 18.7 Å². The minimum Gasteiger partial charge on any atom is -0.480 e. The normalized spacial score (nSPS) is 11.1. The smallest absolute Gasteiger partial charge is 0.325 e. The average molecular weight is 266 g/mol. The summed E-state index contributed by atoms with van der Waals surface area (Å²) in [5.74, 6) is -2.73. The highest BCUT2D eigenvalue weighted by Gasteiger charge is 2.07. The first-order valence-corrected chi connectivity index (χ1v) is 5.16. The average Bonchev–Trinajstić information content (AvgIpc) is 2.75. The third-order valence-electron chi connectivity index (χ3n) is 2.12. The van der Waals surface area contributed by atoms with Gasteiger partial charge in [0.15, 0.2) is 17.3 Å². The number of rotatable bonds is 4. The van der Waals surface area contributed by atoms with Gasteiger partial charge in [-0.25, -0.2) is 8.78 Å².